The lowest BCUT2D eigenvalue weighted by Gasteiger charge is -2.28. The van der Waals surface area contributed by atoms with Crippen molar-refractivity contribution in [1.29, 1.82) is 0 Å². The Morgan fingerprint density at radius 2 is 1.66 bits per heavy atom. The molecule has 1 aromatic heterocycles. The molecule has 0 bridgehead atoms. The number of hydrogen-bond donors (Lipinski definition) is 2. The molecule has 0 radical (unpaired) electrons. The fourth-order valence-corrected chi connectivity index (χ4v) is 4.60. The van der Waals surface area contributed by atoms with Crippen molar-refractivity contribution in [3.63, 3.8) is 0 Å². The summed E-state index contributed by atoms with van der Waals surface area (Å²) in [6.07, 6.45) is 3.61. The van der Waals surface area contributed by atoms with E-state index in [4.69, 9.17) is 25.8 Å². The number of methoxy groups -OCH3 is 3. The van der Waals surface area contributed by atoms with Crippen molar-refractivity contribution in [1.82, 2.24) is 9.78 Å². The number of hydrogen-bond acceptors (Lipinski definition) is 6. The maximum absolute atomic E-state index is 13.4. The molecule has 0 saturated heterocycles. The van der Waals surface area contributed by atoms with Crippen molar-refractivity contribution in [2.24, 2.45) is 0 Å². The largest absolute Gasteiger partial charge is 0.493 e. The number of rotatable bonds is 7. The molecule has 1 amide bonds. The standard InChI is InChI=1S/C29H27ClN4O4/c1-17-5-7-18(8-6-17)23-15-24(21-13-14-25(36-2)27(38-4)26(21)37-3)34-28(33-23)22(16-31-34)29(35)32-20-11-9-19(30)10-12-20/h5-16,24,33H,1-4H3,(H,32,35). The van der Waals surface area contributed by atoms with Crippen molar-refractivity contribution in [2.45, 2.75) is 13.0 Å². The average molecular weight is 531 g/mol. The summed E-state index contributed by atoms with van der Waals surface area (Å²) in [5.41, 5.74) is 4.77. The minimum Gasteiger partial charge on any atom is -0.493 e. The zero-order valence-corrected chi connectivity index (χ0v) is 22.2. The van der Waals surface area contributed by atoms with Crippen LogP contribution in [0.25, 0.3) is 5.70 Å². The fourth-order valence-electron chi connectivity index (χ4n) is 4.47. The molecule has 0 fully saturated rings. The third-order valence-corrected chi connectivity index (χ3v) is 6.65. The lowest BCUT2D eigenvalue weighted by Crippen LogP contribution is -2.22. The number of fused-ring (bicyclic) bond motifs is 1. The Labute approximate surface area is 225 Å². The SMILES string of the molecule is COc1ccc(C2C=C(c3ccc(C)cc3)Nc3c(C(=O)Nc4ccc(Cl)cc4)cnn32)c(OC)c1OC. The third-order valence-electron chi connectivity index (χ3n) is 6.40. The lowest BCUT2D eigenvalue weighted by molar-refractivity contribution is 0.102. The van der Waals surface area contributed by atoms with Gasteiger partial charge in [0.05, 0.1) is 27.5 Å². The van der Waals surface area contributed by atoms with Gasteiger partial charge in [-0.3, -0.25) is 4.79 Å². The van der Waals surface area contributed by atoms with Crippen LogP contribution in [0.3, 0.4) is 0 Å². The first-order valence-corrected chi connectivity index (χ1v) is 12.3. The minimum absolute atomic E-state index is 0.302. The number of anilines is 2. The van der Waals surface area contributed by atoms with Gasteiger partial charge < -0.3 is 24.8 Å². The number of carbonyl (C=O) groups excluding carboxylic acids is 1. The topological polar surface area (TPSA) is 86.6 Å². The van der Waals surface area contributed by atoms with Gasteiger partial charge >= 0.3 is 0 Å². The molecule has 0 spiro atoms. The Balaban J connectivity index is 1.62. The van der Waals surface area contributed by atoms with Gasteiger partial charge in [-0.2, -0.15) is 5.10 Å². The molecule has 8 nitrogen and oxygen atoms in total. The predicted octanol–water partition coefficient (Wildman–Crippen LogP) is 6.18. The second-order valence-corrected chi connectivity index (χ2v) is 9.19. The monoisotopic (exact) mass is 530 g/mol. The zero-order chi connectivity index (χ0) is 26.8. The molecular formula is C29H27ClN4O4. The van der Waals surface area contributed by atoms with E-state index in [0.29, 0.717) is 39.3 Å². The van der Waals surface area contributed by atoms with Crippen LogP contribution in [0, 0.1) is 6.92 Å². The Kier molecular flexibility index (Phi) is 6.98. The summed E-state index contributed by atoms with van der Waals surface area (Å²) in [5.74, 6) is 1.80. The van der Waals surface area contributed by atoms with E-state index in [1.807, 2.05) is 43.3 Å². The van der Waals surface area contributed by atoms with Crippen molar-refractivity contribution >= 4 is 34.7 Å². The van der Waals surface area contributed by atoms with E-state index in [0.717, 1.165) is 22.4 Å². The second kappa shape index (κ2) is 10.5. The molecule has 2 heterocycles. The maximum Gasteiger partial charge on any atom is 0.261 e. The lowest BCUT2D eigenvalue weighted by atomic mass is 9.99. The third kappa shape index (κ3) is 4.66. The second-order valence-electron chi connectivity index (χ2n) is 8.75. The highest BCUT2D eigenvalue weighted by Crippen LogP contribution is 2.45. The first-order valence-electron chi connectivity index (χ1n) is 11.9. The highest BCUT2D eigenvalue weighted by Gasteiger charge is 2.31. The number of aryl methyl sites for hydroxylation is 1. The predicted molar refractivity (Wildman–Crippen MR) is 149 cm³/mol. The summed E-state index contributed by atoms with van der Waals surface area (Å²) in [7, 11) is 4.73. The number of halogens is 1. The number of nitrogens with one attached hydrogen (secondary N) is 2. The van der Waals surface area contributed by atoms with Gasteiger partial charge in [-0.05, 0) is 55.0 Å². The van der Waals surface area contributed by atoms with Crippen LogP contribution in [0.4, 0.5) is 11.5 Å². The number of amides is 1. The van der Waals surface area contributed by atoms with E-state index in [1.165, 1.54) is 0 Å². The molecule has 5 rings (SSSR count). The number of ether oxygens (including phenoxy) is 3. The van der Waals surface area contributed by atoms with Crippen LogP contribution >= 0.6 is 11.6 Å². The highest BCUT2D eigenvalue weighted by atomic mass is 35.5. The Bertz CT molecular complexity index is 1510. The van der Waals surface area contributed by atoms with Crippen LogP contribution in [0.2, 0.25) is 5.02 Å². The normalized spacial score (nSPS) is 14.1. The first-order chi connectivity index (χ1) is 18.4. The van der Waals surface area contributed by atoms with E-state index in [2.05, 4.69) is 21.8 Å². The van der Waals surface area contributed by atoms with Crippen molar-refractivity contribution < 1.29 is 19.0 Å². The quantitative estimate of drug-likeness (QED) is 0.297. The van der Waals surface area contributed by atoms with Gasteiger partial charge in [0.1, 0.15) is 17.4 Å². The molecule has 3 aromatic carbocycles. The average Bonchev–Trinajstić information content (AvgIpc) is 3.37. The molecule has 4 aromatic rings. The molecule has 38 heavy (non-hydrogen) atoms. The van der Waals surface area contributed by atoms with E-state index in [9.17, 15) is 4.79 Å². The smallest absolute Gasteiger partial charge is 0.261 e. The summed E-state index contributed by atoms with van der Waals surface area (Å²) in [6, 6.07) is 18.4. The van der Waals surface area contributed by atoms with Crippen LogP contribution in [0.5, 0.6) is 17.2 Å². The van der Waals surface area contributed by atoms with Crippen LogP contribution in [0.15, 0.2) is 72.9 Å². The van der Waals surface area contributed by atoms with Crippen LogP contribution in [-0.2, 0) is 0 Å². The molecule has 0 saturated carbocycles. The van der Waals surface area contributed by atoms with Crippen molar-refractivity contribution in [2.75, 3.05) is 32.0 Å². The van der Waals surface area contributed by atoms with E-state index in [1.54, 1.807) is 56.5 Å². The first kappa shape index (κ1) is 25.2. The van der Waals surface area contributed by atoms with Crippen molar-refractivity contribution in [3.05, 3.63) is 100 Å². The summed E-state index contributed by atoms with van der Waals surface area (Å²) >= 11 is 6.00. The number of benzene rings is 3. The Hall–Kier alpha value is -4.43. The highest BCUT2D eigenvalue weighted by molar-refractivity contribution is 6.30. The molecular weight excluding hydrogens is 504 g/mol. The van der Waals surface area contributed by atoms with E-state index in [-0.39, 0.29) is 5.91 Å². The molecule has 0 aliphatic carbocycles. The summed E-state index contributed by atoms with van der Waals surface area (Å²) < 4.78 is 18.7. The van der Waals surface area contributed by atoms with Crippen molar-refractivity contribution in [3.8, 4) is 17.2 Å². The fraction of sp³-hybridized carbons (Fsp3) is 0.172. The Morgan fingerprint density at radius 3 is 2.32 bits per heavy atom. The van der Waals surface area contributed by atoms with Gasteiger partial charge in [-0.1, -0.05) is 41.4 Å². The summed E-state index contributed by atoms with van der Waals surface area (Å²) in [5, 5.41) is 11.5. The minimum atomic E-state index is -0.408. The number of carbonyl (C=O) groups is 1. The Morgan fingerprint density at radius 1 is 0.947 bits per heavy atom. The van der Waals surface area contributed by atoms with Crippen LogP contribution < -0.4 is 24.8 Å². The number of allylic oxidation sites excluding steroid dienone is 1. The van der Waals surface area contributed by atoms with E-state index < -0.39 is 6.04 Å². The molecule has 2 N–H and O–H groups in total. The molecule has 1 unspecified atom stereocenters. The molecule has 1 aliphatic heterocycles. The van der Waals surface area contributed by atoms with Crippen LogP contribution in [0.1, 0.15) is 33.1 Å². The maximum atomic E-state index is 13.4. The number of nitrogens with zero attached hydrogens (tertiary/aromatic N) is 2. The van der Waals surface area contributed by atoms with E-state index >= 15 is 0 Å². The van der Waals surface area contributed by atoms with Gasteiger partial charge in [0, 0.05) is 22.0 Å². The number of aromatic nitrogens is 2. The molecule has 9 heteroatoms. The molecule has 194 valence electrons. The van der Waals surface area contributed by atoms with Gasteiger partial charge in [0.2, 0.25) is 5.75 Å². The summed E-state index contributed by atoms with van der Waals surface area (Å²) in [6.45, 7) is 2.04. The van der Waals surface area contributed by atoms with Crippen LogP contribution in [-0.4, -0.2) is 37.0 Å². The van der Waals surface area contributed by atoms with Gasteiger partial charge in [-0.15, -0.1) is 0 Å². The molecule has 1 atom stereocenters. The van der Waals surface area contributed by atoms with Gasteiger partial charge in [0.25, 0.3) is 5.91 Å². The van der Waals surface area contributed by atoms with Gasteiger partial charge in [0.15, 0.2) is 11.5 Å². The summed E-state index contributed by atoms with van der Waals surface area (Å²) in [4.78, 5) is 13.4. The molecule has 1 aliphatic rings. The zero-order valence-electron chi connectivity index (χ0n) is 21.4. The van der Waals surface area contributed by atoms with Gasteiger partial charge in [-0.25, -0.2) is 4.68 Å².